The molecule has 1 heterocycles. The molecule has 1 rings (SSSR count). The summed E-state index contributed by atoms with van der Waals surface area (Å²) in [6.45, 7) is 6.17. The van der Waals surface area contributed by atoms with E-state index < -0.39 is 0 Å². The second-order valence-electron chi connectivity index (χ2n) is 3.48. The van der Waals surface area contributed by atoms with Gasteiger partial charge < -0.3 is 10.1 Å². The number of amides is 1. The standard InChI is InChI=1S/C10H16N2O2S/c1-6(5-14-4)11-10(13)9-7(2)12-8(3)15-9/h6H,5H2,1-4H3,(H,11,13)/t6-/m0/s1. The van der Waals surface area contributed by atoms with Gasteiger partial charge in [0.25, 0.3) is 5.91 Å². The highest BCUT2D eigenvalue weighted by atomic mass is 32.1. The molecule has 0 radical (unpaired) electrons. The van der Waals surface area contributed by atoms with E-state index in [9.17, 15) is 4.79 Å². The minimum Gasteiger partial charge on any atom is -0.383 e. The Balaban J connectivity index is 2.65. The molecule has 4 nitrogen and oxygen atoms in total. The molecule has 5 heteroatoms. The van der Waals surface area contributed by atoms with Crippen molar-refractivity contribution in [3.63, 3.8) is 0 Å². The van der Waals surface area contributed by atoms with Crippen molar-refractivity contribution in [2.24, 2.45) is 0 Å². The van der Waals surface area contributed by atoms with Crippen molar-refractivity contribution >= 4 is 17.2 Å². The lowest BCUT2D eigenvalue weighted by molar-refractivity contribution is 0.0909. The largest absolute Gasteiger partial charge is 0.383 e. The van der Waals surface area contributed by atoms with E-state index in [0.29, 0.717) is 11.5 Å². The third-order valence-corrected chi connectivity index (χ3v) is 2.98. The lowest BCUT2D eigenvalue weighted by Crippen LogP contribution is -2.35. The van der Waals surface area contributed by atoms with Gasteiger partial charge in [-0.15, -0.1) is 11.3 Å². The van der Waals surface area contributed by atoms with Gasteiger partial charge in [-0.3, -0.25) is 4.79 Å². The summed E-state index contributed by atoms with van der Waals surface area (Å²) < 4.78 is 4.95. The summed E-state index contributed by atoms with van der Waals surface area (Å²) in [7, 11) is 1.62. The monoisotopic (exact) mass is 228 g/mol. The molecule has 0 aliphatic rings. The minimum absolute atomic E-state index is 0.0179. The van der Waals surface area contributed by atoms with Crippen molar-refractivity contribution in [3.05, 3.63) is 15.6 Å². The quantitative estimate of drug-likeness (QED) is 0.850. The molecule has 1 N–H and O–H groups in total. The normalized spacial score (nSPS) is 12.5. The molecule has 15 heavy (non-hydrogen) atoms. The highest BCUT2D eigenvalue weighted by Crippen LogP contribution is 2.16. The highest BCUT2D eigenvalue weighted by Gasteiger charge is 2.15. The number of aromatic nitrogens is 1. The zero-order chi connectivity index (χ0) is 11.4. The van der Waals surface area contributed by atoms with Crippen molar-refractivity contribution in [3.8, 4) is 0 Å². The number of nitrogens with zero attached hydrogens (tertiary/aromatic N) is 1. The Kier molecular flexibility index (Phi) is 4.23. The lowest BCUT2D eigenvalue weighted by Gasteiger charge is -2.11. The van der Waals surface area contributed by atoms with Crippen molar-refractivity contribution < 1.29 is 9.53 Å². The third-order valence-electron chi connectivity index (χ3n) is 1.90. The molecule has 0 saturated heterocycles. The van der Waals surface area contributed by atoms with Crippen LogP contribution in [0.5, 0.6) is 0 Å². The number of nitrogens with one attached hydrogen (secondary N) is 1. The lowest BCUT2D eigenvalue weighted by atomic mass is 10.3. The molecule has 0 aliphatic heterocycles. The number of rotatable bonds is 4. The van der Waals surface area contributed by atoms with Crippen LogP contribution in [0, 0.1) is 13.8 Å². The summed E-state index contributed by atoms with van der Waals surface area (Å²) in [4.78, 5) is 16.7. The van der Waals surface area contributed by atoms with Gasteiger partial charge in [0.15, 0.2) is 0 Å². The van der Waals surface area contributed by atoms with Gasteiger partial charge in [-0.25, -0.2) is 4.98 Å². The molecular weight excluding hydrogens is 212 g/mol. The SMILES string of the molecule is COC[C@H](C)NC(=O)c1sc(C)nc1C. The Bertz CT molecular complexity index is 349. The Hall–Kier alpha value is -0.940. The summed E-state index contributed by atoms with van der Waals surface area (Å²) >= 11 is 1.42. The van der Waals surface area contributed by atoms with E-state index in [0.717, 1.165) is 10.7 Å². The molecule has 0 aromatic carbocycles. The average molecular weight is 228 g/mol. The predicted molar refractivity (Wildman–Crippen MR) is 60.4 cm³/mol. The number of hydrogen-bond donors (Lipinski definition) is 1. The fourth-order valence-corrected chi connectivity index (χ4v) is 2.15. The maximum Gasteiger partial charge on any atom is 0.263 e. The Labute approximate surface area is 93.7 Å². The molecule has 0 saturated carbocycles. The van der Waals surface area contributed by atoms with E-state index in [1.54, 1.807) is 7.11 Å². The number of aryl methyl sites for hydroxylation is 2. The summed E-state index contributed by atoms with van der Waals surface area (Å²) in [5, 5.41) is 3.77. The summed E-state index contributed by atoms with van der Waals surface area (Å²) in [5.74, 6) is -0.0670. The molecule has 1 atom stereocenters. The summed E-state index contributed by atoms with van der Waals surface area (Å²) in [6.07, 6.45) is 0. The summed E-state index contributed by atoms with van der Waals surface area (Å²) in [5.41, 5.74) is 0.791. The van der Waals surface area contributed by atoms with Gasteiger partial charge in [-0.2, -0.15) is 0 Å². The van der Waals surface area contributed by atoms with E-state index in [-0.39, 0.29) is 11.9 Å². The molecule has 84 valence electrons. The van der Waals surface area contributed by atoms with E-state index in [4.69, 9.17) is 4.74 Å². The number of hydrogen-bond acceptors (Lipinski definition) is 4. The average Bonchev–Trinajstić information content (AvgIpc) is 2.45. The molecular formula is C10H16N2O2S. The first-order valence-electron chi connectivity index (χ1n) is 4.78. The van der Waals surface area contributed by atoms with Gasteiger partial charge in [-0.05, 0) is 20.8 Å². The van der Waals surface area contributed by atoms with E-state index in [1.807, 2.05) is 20.8 Å². The van der Waals surface area contributed by atoms with Crippen molar-refractivity contribution in [2.45, 2.75) is 26.8 Å². The van der Waals surface area contributed by atoms with E-state index >= 15 is 0 Å². The molecule has 0 unspecified atom stereocenters. The molecule has 0 aliphatic carbocycles. The smallest absolute Gasteiger partial charge is 0.263 e. The second kappa shape index (κ2) is 5.23. The van der Waals surface area contributed by atoms with Crippen molar-refractivity contribution in [2.75, 3.05) is 13.7 Å². The van der Waals surface area contributed by atoms with Crippen molar-refractivity contribution in [1.82, 2.24) is 10.3 Å². The fourth-order valence-electron chi connectivity index (χ4n) is 1.32. The van der Waals surface area contributed by atoms with Crippen LogP contribution in [-0.4, -0.2) is 30.6 Å². The first-order valence-corrected chi connectivity index (χ1v) is 5.60. The first kappa shape index (κ1) is 12.1. The van der Waals surface area contributed by atoms with Crippen LogP contribution in [0.3, 0.4) is 0 Å². The highest BCUT2D eigenvalue weighted by molar-refractivity contribution is 7.13. The minimum atomic E-state index is -0.0670. The number of methoxy groups -OCH3 is 1. The van der Waals surface area contributed by atoms with Crippen LogP contribution in [0.1, 0.15) is 27.3 Å². The van der Waals surface area contributed by atoms with Crippen LogP contribution in [0.2, 0.25) is 0 Å². The zero-order valence-electron chi connectivity index (χ0n) is 9.46. The molecule has 1 aromatic heterocycles. The van der Waals surface area contributed by atoms with Crippen LogP contribution < -0.4 is 5.32 Å². The zero-order valence-corrected chi connectivity index (χ0v) is 10.3. The van der Waals surface area contributed by atoms with Gasteiger partial charge in [0.1, 0.15) is 4.88 Å². The van der Waals surface area contributed by atoms with E-state index in [2.05, 4.69) is 10.3 Å². The molecule has 0 fully saturated rings. The fraction of sp³-hybridized carbons (Fsp3) is 0.600. The number of ether oxygens (including phenoxy) is 1. The van der Waals surface area contributed by atoms with Gasteiger partial charge in [0.05, 0.1) is 17.3 Å². The van der Waals surface area contributed by atoms with Crippen LogP contribution in [0.25, 0.3) is 0 Å². The second-order valence-corrected chi connectivity index (χ2v) is 4.68. The maximum absolute atomic E-state index is 11.8. The molecule has 0 spiro atoms. The third kappa shape index (κ3) is 3.28. The van der Waals surface area contributed by atoms with Crippen LogP contribution >= 0.6 is 11.3 Å². The molecule has 1 aromatic rings. The van der Waals surface area contributed by atoms with Gasteiger partial charge in [0, 0.05) is 13.2 Å². The number of thiazole rings is 1. The number of carbonyl (C=O) groups excluding carboxylic acids is 1. The first-order chi connectivity index (χ1) is 7.04. The molecule has 0 bridgehead atoms. The van der Waals surface area contributed by atoms with Gasteiger partial charge in [-0.1, -0.05) is 0 Å². The summed E-state index contributed by atoms with van der Waals surface area (Å²) in [6, 6.07) is 0.0179. The predicted octanol–water partition coefficient (Wildman–Crippen LogP) is 1.52. The number of carbonyl (C=O) groups is 1. The van der Waals surface area contributed by atoms with Crippen LogP contribution in [0.15, 0.2) is 0 Å². The van der Waals surface area contributed by atoms with Crippen LogP contribution in [-0.2, 0) is 4.74 Å². The Morgan fingerprint density at radius 1 is 1.60 bits per heavy atom. The maximum atomic E-state index is 11.8. The van der Waals surface area contributed by atoms with Gasteiger partial charge >= 0.3 is 0 Å². The molecule has 1 amide bonds. The van der Waals surface area contributed by atoms with Crippen molar-refractivity contribution in [1.29, 1.82) is 0 Å². The topological polar surface area (TPSA) is 51.2 Å². The van der Waals surface area contributed by atoms with E-state index in [1.165, 1.54) is 11.3 Å². The van der Waals surface area contributed by atoms with Crippen LogP contribution in [0.4, 0.5) is 0 Å². The van der Waals surface area contributed by atoms with Gasteiger partial charge in [0.2, 0.25) is 0 Å². The Morgan fingerprint density at radius 2 is 2.27 bits per heavy atom. The Morgan fingerprint density at radius 3 is 2.73 bits per heavy atom.